The van der Waals surface area contributed by atoms with E-state index in [4.69, 9.17) is 11.6 Å². The number of halogens is 1. The molecule has 0 radical (unpaired) electrons. The Morgan fingerprint density at radius 1 is 1.00 bits per heavy atom. The molecular formula is C16H13ClN2O2. The smallest absolute Gasteiger partial charge is 0.254 e. The Kier molecular flexibility index (Phi) is 3.62. The van der Waals surface area contributed by atoms with Crippen molar-refractivity contribution in [1.29, 1.82) is 0 Å². The van der Waals surface area contributed by atoms with Gasteiger partial charge in [-0.3, -0.25) is 9.59 Å². The number of anilines is 1. The quantitative estimate of drug-likeness (QED) is 0.896. The van der Waals surface area contributed by atoms with Crippen LogP contribution in [0.15, 0.2) is 48.5 Å². The number of carbonyl (C=O) groups excluding carboxylic acids is 2. The third kappa shape index (κ3) is 2.76. The number of para-hydroxylation sites is 1. The topological polar surface area (TPSA) is 58.2 Å². The van der Waals surface area contributed by atoms with Crippen LogP contribution in [0.2, 0.25) is 5.02 Å². The molecule has 1 heterocycles. The second-order valence-electron chi connectivity index (χ2n) is 4.86. The molecular weight excluding hydrogens is 288 g/mol. The minimum absolute atomic E-state index is 0.242. The van der Waals surface area contributed by atoms with E-state index in [0.717, 1.165) is 5.56 Å². The maximum absolute atomic E-state index is 12.3. The molecule has 21 heavy (non-hydrogen) atoms. The lowest BCUT2D eigenvalue weighted by Crippen LogP contribution is -2.42. The molecule has 3 rings (SSSR count). The lowest BCUT2D eigenvalue weighted by molar-refractivity contribution is -0.117. The summed E-state index contributed by atoms with van der Waals surface area (Å²) in [6.45, 7) is 0. The van der Waals surface area contributed by atoms with Gasteiger partial charge in [0.25, 0.3) is 5.91 Å². The van der Waals surface area contributed by atoms with Crippen LogP contribution < -0.4 is 10.6 Å². The van der Waals surface area contributed by atoms with Crippen LogP contribution in [0.1, 0.15) is 15.9 Å². The molecule has 0 saturated heterocycles. The van der Waals surface area contributed by atoms with Gasteiger partial charge >= 0.3 is 0 Å². The zero-order valence-electron chi connectivity index (χ0n) is 11.1. The van der Waals surface area contributed by atoms with Gasteiger partial charge in [-0.15, -0.1) is 0 Å². The highest BCUT2D eigenvalue weighted by atomic mass is 35.5. The van der Waals surface area contributed by atoms with Crippen LogP contribution in [0.3, 0.4) is 0 Å². The molecule has 5 heteroatoms. The van der Waals surface area contributed by atoms with Crippen LogP contribution in [0.25, 0.3) is 0 Å². The van der Waals surface area contributed by atoms with Crippen LogP contribution in [0.4, 0.5) is 5.69 Å². The third-order valence-electron chi connectivity index (χ3n) is 3.43. The van der Waals surface area contributed by atoms with E-state index >= 15 is 0 Å². The number of hydrogen-bond donors (Lipinski definition) is 2. The lowest BCUT2D eigenvalue weighted by Gasteiger charge is -2.15. The fraction of sp³-hybridized carbons (Fsp3) is 0.125. The first-order valence-electron chi connectivity index (χ1n) is 6.59. The molecule has 1 unspecified atom stereocenters. The van der Waals surface area contributed by atoms with Crippen LogP contribution in [-0.2, 0) is 11.2 Å². The summed E-state index contributed by atoms with van der Waals surface area (Å²) in [5.41, 5.74) is 1.82. The predicted molar refractivity (Wildman–Crippen MR) is 81.5 cm³/mol. The molecule has 2 N–H and O–H groups in total. The average Bonchev–Trinajstić information content (AvgIpc) is 2.59. The molecule has 0 saturated carbocycles. The van der Waals surface area contributed by atoms with Crippen LogP contribution >= 0.6 is 11.6 Å². The highest BCUT2D eigenvalue weighted by Gasteiger charge is 2.28. The molecule has 1 atom stereocenters. The Morgan fingerprint density at radius 3 is 2.52 bits per heavy atom. The van der Waals surface area contributed by atoms with E-state index in [-0.39, 0.29) is 11.8 Å². The summed E-state index contributed by atoms with van der Waals surface area (Å²) in [6, 6.07) is 13.6. The van der Waals surface area contributed by atoms with Crippen molar-refractivity contribution in [3.8, 4) is 0 Å². The van der Waals surface area contributed by atoms with Gasteiger partial charge in [0.2, 0.25) is 5.91 Å². The molecule has 2 aromatic carbocycles. The summed E-state index contributed by atoms with van der Waals surface area (Å²) >= 11 is 6.11. The van der Waals surface area contributed by atoms with Crippen molar-refractivity contribution in [3.63, 3.8) is 0 Å². The van der Waals surface area contributed by atoms with Gasteiger partial charge in [-0.1, -0.05) is 41.9 Å². The number of fused-ring (bicyclic) bond motifs is 1. The SMILES string of the molecule is O=C1NC(Cc2ccccc2Cl)C(=O)Nc2ccccc21. The first-order chi connectivity index (χ1) is 10.1. The Labute approximate surface area is 127 Å². The molecule has 4 nitrogen and oxygen atoms in total. The molecule has 1 aliphatic heterocycles. The van der Waals surface area contributed by atoms with Gasteiger partial charge in [-0.2, -0.15) is 0 Å². The number of amides is 2. The summed E-state index contributed by atoms with van der Waals surface area (Å²) < 4.78 is 0. The van der Waals surface area contributed by atoms with Gasteiger partial charge in [0, 0.05) is 11.4 Å². The zero-order valence-corrected chi connectivity index (χ0v) is 11.9. The van der Waals surface area contributed by atoms with Crippen LogP contribution in [-0.4, -0.2) is 17.9 Å². The van der Waals surface area contributed by atoms with Gasteiger partial charge in [0.15, 0.2) is 0 Å². The first-order valence-corrected chi connectivity index (χ1v) is 6.97. The summed E-state index contributed by atoms with van der Waals surface area (Å²) in [5, 5.41) is 6.11. The monoisotopic (exact) mass is 300 g/mol. The fourth-order valence-electron chi connectivity index (χ4n) is 2.34. The highest BCUT2D eigenvalue weighted by Crippen LogP contribution is 2.21. The maximum atomic E-state index is 12.3. The standard InChI is InChI=1S/C16H13ClN2O2/c17-12-7-3-1-5-10(12)9-14-16(21)18-13-8-4-2-6-11(13)15(20)19-14/h1-8,14H,9H2,(H,18,21)(H,19,20). The van der Waals surface area contributed by atoms with E-state index in [1.54, 1.807) is 30.3 Å². The molecule has 0 spiro atoms. The molecule has 106 valence electrons. The Balaban J connectivity index is 1.88. The van der Waals surface area contributed by atoms with Crippen molar-refractivity contribution < 1.29 is 9.59 Å². The van der Waals surface area contributed by atoms with Gasteiger partial charge in [-0.05, 0) is 23.8 Å². The van der Waals surface area contributed by atoms with Gasteiger partial charge in [0.05, 0.1) is 11.3 Å². The van der Waals surface area contributed by atoms with Gasteiger partial charge in [-0.25, -0.2) is 0 Å². The third-order valence-corrected chi connectivity index (χ3v) is 3.80. The second-order valence-corrected chi connectivity index (χ2v) is 5.26. The van der Waals surface area contributed by atoms with Crippen molar-refractivity contribution in [2.24, 2.45) is 0 Å². The largest absolute Gasteiger partial charge is 0.340 e. The number of benzene rings is 2. The minimum Gasteiger partial charge on any atom is -0.340 e. The molecule has 0 aromatic heterocycles. The summed E-state index contributed by atoms with van der Waals surface area (Å²) in [4.78, 5) is 24.5. The van der Waals surface area contributed by atoms with Crippen molar-refractivity contribution in [2.75, 3.05) is 5.32 Å². The molecule has 2 amide bonds. The molecule has 0 fully saturated rings. The molecule has 0 bridgehead atoms. The van der Waals surface area contributed by atoms with E-state index in [9.17, 15) is 9.59 Å². The van der Waals surface area contributed by atoms with Gasteiger partial charge < -0.3 is 10.6 Å². The van der Waals surface area contributed by atoms with Crippen LogP contribution in [0, 0.1) is 0 Å². The van der Waals surface area contributed by atoms with E-state index in [0.29, 0.717) is 22.7 Å². The molecule has 0 aliphatic carbocycles. The van der Waals surface area contributed by atoms with Crippen molar-refractivity contribution in [1.82, 2.24) is 5.32 Å². The highest BCUT2D eigenvalue weighted by molar-refractivity contribution is 6.31. The maximum Gasteiger partial charge on any atom is 0.254 e. The lowest BCUT2D eigenvalue weighted by atomic mass is 10.1. The second kappa shape index (κ2) is 5.58. The Morgan fingerprint density at radius 2 is 1.71 bits per heavy atom. The number of nitrogens with one attached hydrogen (secondary N) is 2. The minimum atomic E-state index is -0.648. The van der Waals surface area contributed by atoms with Crippen molar-refractivity contribution >= 4 is 29.1 Å². The predicted octanol–water partition coefficient (Wildman–Crippen LogP) is 2.63. The summed E-state index contributed by atoms with van der Waals surface area (Å²) in [7, 11) is 0. The summed E-state index contributed by atoms with van der Waals surface area (Å²) in [5.74, 6) is -0.505. The number of hydrogen-bond acceptors (Lipinski definition) is 2. The number of carbonyl (C=O) groups is 2. The number of rotatable bonds is 2. The van der Waals surface area contributed by atoms with Gasteiger partial charge in [0.1, 0.15) is 6.04 Å². The van der Waals surface area contributed by atoms with E-state index in [1.807, 2.05) is 18.2 Å². The average molecular weight is 301 g/mol. The van der Waals surface area contributed by atoms with Crippen molar-refractivity contribution in [2.45, 2.75) is 12.5 Å². The van der Waals surface area contributed by atoms with Crippen LogP contribution in [0.5, 0.6) is 0 Å². The van der Waals surface area contributed by atoms with E-state index < -0.39 is 6.04 Å². The molecule has 1 aliphatic rings. The van der Waals surface area contributed by atoms with E-state index in [2.05, 4.69) is 10.6 Å². The molecule has 2 aromatic rings. The first kappa shape index (κ1) is 13.6. The Bertz CT molecular complexity index is 715. The normalized spacial score (nSPS) is 17.5. The van der Waals surface area contributed by atoms with E-state index in [1.165, 1.54) is 0 Å². The summed E-state index contributed by atoms with van der Waals surface area (Å²) in [6.07, 6.45) is 0.352. The fourth-order valence-corrected chi connectivity index (χ4v) is 2.55. The van der Waals surface area contributed by atoms with Crippen molar-refractivity contribution in [3.05, 3.63) is 64.7 Å². The Hall–Kier alpha value is -2.33. The zero-order chi connectivity index (χ0) is 14.8.